The van der Waals surface area contributed by atoms with E-state index in [1.807, 2.05) is 39.0 Å². The van der Waals surface area contributed by atoms with E-state index in [-0.39, 0.29) is 34.1 Å². The largest absolute Gasteiger partial charge is 0.573 e. The number of amidine groups is 1. The Hall–Kier alpha value is -4.98. The van der Waals surface area contributed by atoms with Crippen molar-refractivity contribution in [1.29, 1.82) is 0 Å². The summed E-state index contributed by atoms with van der Waals surface area (Å²) in [5.41, 5.74) is 3.74. The van der Waals surface area contributed by atoms with Crippen LogP contribution in [0.1, 0.15) is 36.5 Å². The van der Waals surface area contributed by atoms with Crippen molar-refractivity contribution in [3.63, 3.8) is 0 Å². The third-order valence-electron chi connectivity index (χ3n) is 6.58. The van der Waals surface area contributed by atoms with Gasteiger partial charge in [0.15, 0.2) is 11.0 Å². The summed E-state index contributed by atoms with van der Waals surface area (Å²) in [6.45, 7) is 5.94. The van der Waals surface area contributed by atoms with Crippen molar-refractivity contribution < 1.29 is 31.9 Å². The molecule has 1 N–H and O–H groups in total. The Morgan fingerprint density at radius 3 is 2.47 bits per heavy atom. The van der Waals surface area contributed by atoms with E-state index in [1.165, 1.54) is 40.2 Å². The fraction of sp³-hybridized carbons (Fsp3) is 0.194. The fourth-order valence-corrected chi connectivity index (χ4v) is 5.30. The molecule has 5 rings (SSSR count). The van der Waals surface area contributed by atoms with E-state index in [0.717, 1.165) is 41.2 Å². The van der Waals surface area contributed by atoms with Crippen LogP contribution in [-0.4, -0.2) is 44.0 Å². The molecule has 3 amide bonds. The molecule has 0 saturated carbocycles. The number of hydrogen-bond donors (Lipinski definition) is 1. The first-order chi connectivity index (χ1) is 21.4. The molecule has 0 bridgehead atoms. The van der Waals surface area contributed by atoms with Gasteiger partial charge in [-0.2, -0.15) is 4.99 Å². The second-order valence-electron chi connectivity index (χ2n) is 10.2. The third-order valence-corrected chi connectivity index (χ3v) is 7.50. The van der Waals surface area contributed by atoms with E-state index in [4.69, 9.17) is 0 Å². The molecular weight excluding hydrogens is 612 g/mol. The molecule has 14 heteroatoms. The normalized spacial score (nSPS) is 14.8. The standard InChI is InChI=1S/C31H26F4N6O3S/c1-18(2)24-13-4-19(3)14-26(24)41-27(42)16-45-30(41)38-29(43)36-15-25(32)20-5-7-21(8-6-20)28-37-17-40(39-28)22-9-11-23(12-10-22)44-31(33,34)35/h4-15,17-18H,16H2,1-3H3,(H,36,43)/b25-15-,38-30-. The number of nitrogens with one attached hydrogen (secondary N) is 1. The first kappa shape index (κ1) is 31.4. The maximum atomic E-state index is 14.9. The van der Waals surface area contributed by atoms with Gasteiger partial charge in [0.2, 0.25) is 5.91 Å². The summed E-state index contributed by atoms with van der Waals surface area (Å²) in [4.78, 5) is 35.0. The van der Waals surface area contributed by atoms with Crippen molar-refractivity contribution in [2.45, 2.75) is 33.1 Å². The van der Waals surface area contributed by atoms with Gasteiger partial charge in [0.1, 0.15) is 17.9 Å². The first-order valence-corrected chi connectivity index (χ1v) is 14.6. The van der Waals surface area contributed by atoms with Gasteiger partial charge in [-0.15, -0.1) is 18.3 Å². The van der Waals surface area contributed by atoms with E-state index >= 15 is 0 Å². The molecule has 232 valence electrons. The molecule has 0 aliphatic carbocycles. The van der Waals surface area contributed by atoms with Gasteiger partial charge >= 0.3 is 12.4 Å². The van der Waals surface area contributed by atoms with Crippen LogP contribution >= 0.6 is 11.8 Å². The van der Waals surface area contributed by atoms with Gasteiger partial charge < -0.3 is 10.1 Å². The van der Waals surface area contributed by atoms with Gasteiger partial charge in [-0.25, -0.2) is 18.9 Å². The zero-order valence-corrected chi connectivity index (χ0v) is 25.0. The van der Waals surface area contributed by atoms with Crippen LogP contribution in [0.2, 0.25) is 0 Å². The highest BCUT2D eigenvalue weighted by atomic mass is 32.2. The van der Waals surface area contributed by atoms with Gasteiger partial charge in [-0.1, -0.05) is 62.0 Å². The van der Waals surface area contributed by atoms with E-state index in [9.17, 15) is 27.2 Å². The van der Waals surface area contributed by atoms with Gasteiger partial charge in [0.25, 0.3) is 0 Å². The summed E-state index contributed by atoms with van der Waals surface area (Å²) in [5, 5.41) is 6.85. The zero-order chi connectivity index (χ0) is 32.3. The molecule has 4 aromatic rings. The number of alkyl halides is 3. The first-order valence-electron chi connectivity index (χ1n) is 13.6. The number of benzene rings is 3. The molecule has 1 aromatic heterocycles. The Morgan fingerprint density at radius 2 is 1.80 bits per heavy atom. The summed E-state index contributed by atoms with van der Waals surface area (Å²) in [5.74, 6) is -0.738. The van der Waals surface area contributed by atoms with Crippen LogP contribution in [0.15, 0.2) is 84.2 Å². The number of thioether (sulfide) groups is 1. The topological polar surface area (TPSA) is 102 Å². The molecule has 1 aliphatic rings. The number of halogens is 4. The molecule has 2 heterocycles. The van der Waals surface area contributed by atoms with Crippen LogP contribution in [-0.2, 0) is 4.79 Å². The predicted molar refractivity (Wildman–Crippen MR) is 164 cm³/mol. The Kier molecular flexibility index (Phi) is 9.04. The van der Waals surface area contributed by atoms with Crippen LogP contribution in [0.25, 0.3) is 22.9 Å². The van der Waals surface area contributed by atoms with E-state index < -0.39 is 18.2 Å². The van der Waals surface area contributed by atoms with Crippen molar-refractivity contribution in [1.82, 2.24) is 20.1 Å². The number of aryl methyl sites for hydroxylation is 1. The van der Waals surface area contributed by atoms with Gasteiger partial charge in [-0.05, 0) is 54.3 Å². The van der Waals surface area contributed by atoms with Crippen LogP contribution in [0, 0.1) is 6.92 Å². The van der Waals surface area contributed by atoms with E-state index in [2.05, 4.69) is 25.1 Å². The molecule has 0 atom stereocenters. The number of ether oxygens (including phenoxy) is 1. The summed E-state index contributed by atoms with van der Waals surface area (Å²) in [6, 6.07) is 16.2. The smallest absolute Gasteiger partial charge is 0.406 e. The van der Waals surface area contributed by atoms with E-state index in [0.29, 0.717) is 22.8 Å². The molecule has 1 aliphatic heterocycles. The molecule has 45 heavy (non-hydrogen) atoms. The Labute approximate surface area is 259 Å². The van der Waals surface area contributed by atoms with Crippen molar-refractivity contribution in [2.24, 2.45) is 4.99 Å². The number of urea groups is 1. The number of hydrogen-bond acceptors (Lipinski definition) is 6. The lowest BCUT2D eigenvalue weighted by atomic mass is 9.99. The lowest BCUT2D eigenvalue weighted by Crippen LogP contribution is -2.31. The minimum atomic E-state index is -4.79. The number of aliphatic imine (C=N–C) groups is 1. The number of carbonyl (C=O) groups is 2. The highest BCUT2D eigenvalue weighted by molar-refractivity contribution is 8.15. The molecule has 0 unspecified atom stereocenters. The van der Waals surface area contributed by atoms with Gasteiger partial charge in [0, 0.05) is 17.3 Å². The van der Waals surface area contributed by atoms with Crippen LogP contribution in [0.3, 0.4) is 0 Å². The Morgan fingerprint density at radius 1 is 1.09 bits per heavy atom. The van der Waals surface area contributed by atoms with Crippen LogP contribution in [0.5, 0.6) is 5.75 Å². The summed E-state index contributed by atoms with van der Waals surface area (Å²) >= 11 is 1.13. The predicted octanol–water partition coefficient (Wildman–Crippen LogP) is 7.38. The number of carbonyl (C=O) groups excluding carboxylic acids is 2. The minimum Gasteiger partial charge on any atom is -0.406 e. The molecular formula is C31H26F4N6O3S. The molecule has 3 aromatic carbocycles. The Balaban J connectivity index is 1.25. The van der Waals surface area contributed by atoms with Crippen LogP contribution in [0.4, 0.5) is 28.0 Å². The van der Waals surface area contributed by atoms with Crippen molar-refractivity contribution in [3.05, 3.63) is 95.9 Å². The quantitative estimate of drug-likeness (QED) is 0.212. The SMILES string of the molecule is Cc1ccc(C(C)C)c(N2C(=O)CS/C2=N\C(=O)N/C=C(\F)c2ccc(-c3ncn(-c4ccc(OC(F)(F)F)cc4)n3)cc2)c1. The Bertz CT molecular complexity index is 1780. The summed E-state index contributed by atoms with van der Waals surface area (Å²) < 4.78 is 57.3. The average Bonchev–Trinajstić information content (AvgIpc) is 3.62. The summed E-state index contributed by atoms with van der Waals surface area (Å²) in [6.07, 6.45) is -2.51. The maximum Gasteiger partial charge on any atom is 0.573 e. The fourth-order valence-electron chi connectivity index (χ4n) is 4.44. The zero-order valence-electron chi connectivity index (χ0n) is 24.2. The van der Waals surface area contributed by atoms with Gasteiger partial charge in [0.05, 0.1) is 17.1 Å². The average molecular weight is 639 g/mol. The van der Waals surface area contributed by atoms with Crippen molar-refractivity contribution in [3.8, 4) is 22.8 Å². The molecule has 0 radical (unpaired) electrons. The second-order valence-corrected chi connectivity index (χ2v) is 11.1. The summed E-state index contributed by atoms with van der Waals surface area (Å²) in [7, 11) is 0. The third kappa shape index (κ3) is 7.58. The lowest BCUT2D eigenvalue weighted by molar-refractivity contribution is -0.274. The molecule has 1 fully saturated rings. The van der Waals surface area contributed by atoms with E-state index in [1.54, 1.807) is 12.1 Å². The number of nitrogens with zero attached hydrogens (tertiary/aromatic N) is 5. The minimum absolute atomic E-state index is 0.129. The number of aromatic nitrogens is 3. The number of rotatable bonds is 7. The van der Waals surface area contributed by atoms with Gasteiger partial charge in [-0.3, -0.25) is 9.69 Å². The van der Waals surface area contributed by atoms with Crippen molar-refractivity contribution >= 4 is 40.4 Å². The van der Waals surface area contributed by atoms with Crippen LogP contribution < -0.4 is 15.0 Å². The van der Waals surface area contributed by atoms with Crippen molar-refractivity contribution in [2.75, 3.05) is 10.7 Å². The number of anilines is 1. The highest BCUT2D eigenvalue weighted by Crippen LogP contribution is 2.34. The maximum absolute atomic E-state index is 14.9. The highest BCUT2D eigenvalue weighted by Gasteiger charge is 2.33. The lowest BCUT2D eigenvalue weighted by Gasteiger charge is -2.22. The molecule has 0 spiro atoms. The molecule has 1 saturated heterocycles. The second kappa shape index (κ2) is 12.9. The monoisotopic (exact) mass is 638 g/mol. The molecule has 9 nitrogen and oxygen atoms in total. The number of amides is 3.